The zero-order valence-electron chi connectivity index (χ0n) is 17.6. The maximum atomic E-state index is 12.0. The van der Waals surface area contributed by atoms with Gasteiger partial charge in [-0.1, -0.05) is 36.4 Å². The van der Waals surface area contributed by atoms with Gasteiger partial charge in [0.1, 0.15) is 5.75 Å². The fourth-order valence-electron chi connectivity index (χ4n) is 3.49. The van der Waals surface area contributed by atoms with Gasteiger partial charge in [0.05, 0.1) is 11.9 Å². The van der Waals surface area contributed by atoms with E-state index in [1.165, 1.54) is 16.8 Å². The summed E-state index contributed by atoms with van der Waals surface area (Å²) in [5.74, 6) is 0.400. The molecule has 1 amide bonds. The average molecular weight is 389 g/mol. The van der Waals surface area contributed by atoms with Gasteiger partial charge in [-0.25, -0.2) is 5.43 Å². The third-order valence-corrected chi connectivity index (χ3v) is 4.98. The second kappa shape index (κ2) is 8.78. The molecule has 5 nitrogen and oxygen atoms in total. The topological polar surface area (TPSA) is 55.6 Å². The molecule has 1 aromatic heterocycles. The van der Waals surface area contributed by atoms with E-state index in [-0.39, 0.29) is 12.5 Å². The SMILES string of the molecule is Cc1ccccc1OCC(=O)N/N=C\c1cc(C)n(-c2c(C)cccc2C)c1C. The fourth-order valence-corrected chi connectivity index (χ4v) is 3.49. The van der Waals surface area contributed by atoms with E-state index in [4.69, 9.17) is 4.74 Å². The smallest absolute Gasteiger partial charge is 0.277 e. The molecule has 1 heterocycles. The van der Waals surface area contributed by atoms with Crippen molar-refractivity contribution < 1.29 is 9.53 Å². The van der Waals surface area contributed by atoms with Crippen LogP contribution in [0.5, 0.6) is 5.75 Å². The highest BCUT2D eigenvalue weighted by atomic mass is 16.5. The monoisotopic (exact) mass is 389 g/mol. The predicted molar refractivity (Wildman–Crippen MR) is 117 cm³/mol. The summed E-state index contributed by atoms with van der Waals surface area (Å²) in [6.45, 7) is 10.2. The minimum Gasteiger partial charge on any atom is -0.483 e. The third-order valence-electron chi connectivity index (χ3n) is 4.98. The second-order valence-electron chi connectivity index (χ2n) is 7.25. The van der Waals surface area contributed by atoms with Crippen molar-refractivity contribution in [2.75, 3.05) is 6.61 Å². The average Bonchev–Trinajstić information content (AvgIpc) is 2.95. The van der Waals surface area contributed by atoms with Gasteiger partial charge >= 0.3 is 0 Å². The molecule has 0 atom stereocenters. The van der Waals surface area contributed by atoms with Gasteiger partial charge in [-0.05, 0) is 63.4 Å². The third kappa shape index (κ3) is 4.57. The number of para-hydroxylation sites is 2. The summed E-state index contributed by atoms with van der Waals surface area (Å²) < 4.78 is 7.77. The Bertz CT molecular complexity index is 1040. The van der Waals surface area contributed by atoms with E-state index >= 15 is 0 Å². The lowest BCUT2D eigenvalue weighted by Crippen LogP contribution is -2.24. The van der Waals surface area contributed by atoms with Crippen LogP contribution in [0.1, 0.15) is 33.6 Å². The largest absolute Gasteiger partial charge is 0.483 e. The van der Waals surface area contributed by atoms with E-state index in [0.717, 1.165) is 22.5 Å². The molecule has 3 rings (SSSR count). The Kier molecular flexibility index (Phi) is 6.17. The maximum absolute atomic E-state index is 12.0. The summed E-state index contributed by atoms with van der Waals surface area (Å²) in [6, 6.07) is 16.0. The Morgan fingerprint density at radius 1 is 1.00 bits per heavy atom. The van der Waals surface area contributed by atoms with Gasteiger partial charge in [0.25, 0.3) is 5.91 Å². The van der Waals surface area contributed by atoms with Crippen LogP contribution in [0.15, 0.2) is 53.6 Å². The van der Waals surface area contributed by atoms with E-state index in [9.17, 15) is 4.79 Å². The van der Waals surface area contributed by atoms with Gasteiger partial charge in [-0.2, -0.15) is 5.10 Å². The normalized spacial score (nSPS) is 11.1. The fraction of sp³-hybridized carbons (Fsp3) is 0.250. The predicted octanol–water partition coefficient (Wildman–Crippen LogP) is 4.55. The Morgan fingerprint density at radius 3 is 2.34 bits per heavy atom. The molecule has 0 fully saturated rings. The Morgan fingerprint density at radius 2 is 1.66 bits per heavy atom. The number of aryl methyl sites for hydroxylation is 4. The first-order valence-electron chi connectivity index (χ1n) is 9.64. The summed E-state index contributed by atoms with van der Waals surface area (Å²) in [5.41, 5.74) is 10.3. The molecule has 0 radical (unpaired) electrons. The minimum absolute atomic E-state index is 0.0797. The minimum atomic E-state index is -0.298. The van der Waals surface area contributed by atoms with Crippen LogP contribution in [0.25, 0.3) is 5.69 Å². The van der Waals surface area contributed by atoms with Crippen LogP contribution >= 0.6 is 0 Å². The molecular weight excluding hydrogens is 362 g/mol. The molecule has 29 heavy (non-hydrogen) atoms. The molecular formula is C24H27N3O2. The number of carbonyl (C=O) groups is 1. The Labute approximate surface area is 172 Å². The van der Waals surface area contributed by atoms with Gasteiger partial charge in [-0.3, -0.25) is 4.79 Å². The molecule has 0 saturated carbocycles. The maximum Gasteiger partial charge on any atom is 0.277 e. The van der Waals surface area contributed by atoms with Crippen molar-refractivity contribution in [1.29, 1.82) is 0 Å². The molecule has 0 saturated heterocycles. The Balaban J connectivity index is 1.69. The standard InChI is InChI=1S/C24H27N3O2/c1-16-9-6-7-12-22(16)29-15-23(28)26-25-14-21-13-19(4)27(20(21)5)24-17(2)10-8-11-18(24)3/h6-14H,15H2,1-5H3,(H,26,28)/b25-14-. The van der Waals surface area contributed by atoms with Crippen LogP contribution in [0.4, 0.5) is 0 Å². The molecule has 2 aromatic carbocycles. The first kappa shape index (κ1) is 20.4. The van der Waals surface area contributed by atoms with Gasteiger partial charge in [0.15, 0.2) is 6.61 Å². The van der Waals surface area contributed by atoms with Crippen LogP contribution in [-0.4, -0.2) is 23.3 Å². The second-order valence-corrected chi connectivity index (χ2v) is 7.25. The highest BCUT2D eigenvalue weighted by molar-refractivity contribution is 5.84. The van der Waals surface area contributed by atoms with Gasteiger partial charge in [0, 0.05) is 17.0 Å². The van der Waals surface area contributed by atoms with Crippen molar-refractivity contribution >= 4 is 12.1 Å². The number of rotatable bonds is 6. The molecule has 0 aliphatic carbocycles. The van der Waals surface area contributed by atoms with Gasteiger partial charge in [-0.15, -0.1) is 0 Å². The number of hydrogen-bond acceptors (Lipinski definition) is 3. The zero-order chi connectivity index (χ0) is 21.0. The number of hydrazone groups is 1. The van der Waals surface area contributed by atoms with Gasteiger partial charge in [0.2, 0.25) is 0 Å². The molecule has 3 aromatic rings. The molecule has 0 aliphatic heterocycles. The van der Waals surface area contributed by atoms with Crippen molar-refractivity contribution in [3.05, 3.63) is 82.2 Å². The van der Waals surface area contributed by atoms with E-state index in [1.807, 2.05) is 31.2 Å². The zero-order valence-corrected chi connectivity index (χ0v) is 17.6. The number of aromatic nitrogens is 1. The van der Waals surface area contributed by atoms with E-state index in [1.54, 1.807) is 6.21 Å². The van der Waals surface area contributed by atoms with Crippen LogP contribution in [0.2, 0.25) is 0 Å². The lowest BCUT2D eigenvalue weighted by atomic mass is 10.1. The van der Waals surface area contributed by atoms with Crippen molar-refractivity contribution in [3.8, 4) is 11.4 Å². The first-order valence-corrected chi connectivity index (χ1v) is 9.64. The Hall–Kier alpha value is -3.34. The first-order chi connectivity index (χ1) is 13.9. The highest BCUT2D eigenvalue weighted by Crippen LogP contribution is 2.25. The van der Waals surface area contributed by atoms with Crippen LogP contribution < -0.4 is 10.2 Å². The number of carbonyl (C=O) groups excluding carboxylic acids is 1. The molecule has 0 spiro atoms. The molecule has 150 valence electrons. The quantitative estimate of drug-likeness (QED) is 0.497. The summed E-state index contributed by atoms with van der Waals surface area (Å²) >= 11 is 0. The number of nitrogens with one attached hydrogen (secondary N) is 1. The van der Waals surface area contributed by atoms with Crippen molar-refractivity contribution in [1.82, 2.24) is 9.99 Å². The number of benzene rings is 2. The van der Waals surface area contributed by atoms with E-state index in [2.05, 4.69) is 67.1 Å². The summed E-state index contributed by atoms with van der Waals surface area (Å²) in [7, 11) is 0. The van der Waals surface area contributed by atoms with E-state index in [0.29, 0.717) is 5.75 Å². The van der Waals surface area contributed by atoms with Crippen molar-refractivity contribution in [2.24, 2.45) is 5.10 Å². The van der Waals surface area contributed by atoms with Crippen molar-refractivity contribution in [2.45, 2.75) is 34.6 Å². The number of ether oxygens (including phenoxy) is 1. The molecule has 0 unspecified atom stereocenters. The molecule has 0 bridgehead atoms. The molecule has 5 heteroatoms. The molecule has 1 N–H and O–H groups in total. The molecule has 0 aliphatic rings. The van der Waals surface area contributed by atoms with Crippen LogP contribution in [0.3, 0.4) is 0 Å². The number of hydrogen-bond donors (Lipinski definition) is 1. The summed E-state index contributed by atoms with van der Waals surface area (Å²) in [4.78, 5) is 12.0. The van der Waals surface area contributed by atoms with E-state index < -0.39 is 0 Å². The van der Waals surface area contributed by atoms with Crippen LogP contribution in [-0.2, 0) is 4.79 Å². The number of nitrogens with zero attached hydrogens (tertiary/aromatic N) is 2. The number of amides is 1. The lowest BCUT2D eigenvalue weighted by molar-refractivity contribution is -0.123. The lowest BCUT2D eigenvalue weighted by Gasteiger charge is -2.15. The summed E-state index contributed by atoms with van der Waals surface area (Å²) in [5, 5.41) is 4.11. The van der Waals surface area contributed by atoms with Crippen molar-refractivity contribution in [3.63, 3.8) is 0 Å². The van der Waals surface area contributed by atoms with Gasteiger partial charge < -0.3 is 9.30 Å². The summed E-state index contributed by atoms with van der Waals surface area (Å²) in [6.07, 6.45) is 1.68. The van der Waals surface area contributed by atoms with Crippen LogP contribution in [0, 0.1) is 34.6 Å². The highest BCUT2D eigenvalue weighted by Gasteiger charge is 2.13.